The van der Waals surface area contributed by atoms with Crippen LogP contribution < -0.4 is 22.1 Å². The topological polar surface area (TPSA) is 93.2 Å². The molecule has 2 aliphatic rings. The quantitative estimate of drug-likeness (QED) is 0.342. The predicted octanol–water partition coefficient (Wildman–Crippen LogP) is 5.05. The van der Waals surface area contributed by atoms with Crippen molar-refractivity contribution in [1.82, 2.24) is 10.6 Å². The van der Waals surface area contributed by atoms with E-state index in [0.29, 0.717) is 30.1 Å². The predicted molar refractivity (Wildman–Crippen MR) is 144 cm³/mol. The lowest BCUT2D eigenvalue weighted by Gasteiger charge is -2.36. The number of rotatable bonds is 11. The first-order chi connectivity index (χ1) is 17.1. The van der Waals surface area contributed by atoms with E-state index in [0.717, 1.165) is 43.8 Å². The van der Waals surface area contributed by atoms with Gasteiger partial charge in [0.2, 0.25) is 0 Å². The summed E-state index contributed by atoms with van der Waals surface area (Å²) in [5.41, 5.74) is 15.6. The lowest BCUT2D eigenvalue weighted by Crippen LogP contribution is -2.52. The van der Waals surface area contributed by atoms with Crippen molar-refractivity contribution < 1.29 is 4.79 Å². The molecule has 0 aromatic heterocycles. The molecular weight excluding hydrogens is 432 g/mol. The molecule has 0 amide bonds. The highest BCUT2D eigenvalue weighted by Gasteiger charge is 2.38. The fraction of sp³-hybridized carbons (Fsp3) is 0.500. The van der Waals surface area contributed by atoms with E-state index in [-0.39, 0.29) is 5.78 Å². The van der Waals surface area contributed by atoms with Crippen molar-refractivity contribution in [3.63, 3.8) is 0 Å². The van der Waals surface area contributed by atoms with Gasteiger partial charge in [-0.3, -0.25) is 15.4 Å². The number of aryl methyl sites for hydroxylation is 1. The van der Waals surface area contributed by atoms with Gasteiger partial charge in [-0.25, -0.2) is 0 Å². The van der Waals surface area contributed by atoms with Crippen molar-refractivity contribution in [2.45, 2.75) is 95.2 Å². The monoisotopic (exact) mass is 474 g/mol. The Hall–Kier alpha value is -2.21. The van der Waals surface area contributed by atoms with Gasteiger partial charge >= 0.3 is 0 Å². The van der Waals surface area contributed by atoms with Gasteiger partial charge < -0.3 is 11.5 Å². The molecule has 35 heavy (non-hydrogen) atoms. The molecule has 2 aliphatic carbocycles. The van der Waals surface area contributed by atoms with Gasteiger partial charge in [-0.05, 0) is 55.7 Å². The Labute approximate surface area is 211 Å². The molecule has 2 aromatic carbocycles. The Bertz CT molecular complexity index is 886. The lowest BCUT2D eigenvalue weighted by molar-refractivity contribution is -0.118. The molecule has 0 aliphatic heterocycles. The van der Waals surface area contributed by atoms with E-state index in [2.05, 4.69) is 22.8 Å². The number of ketones is 1. The van der Waals surface area contributed by atoms with Crippen LogP contribution >= 0.6 is 0 Å². The van der Waals surface area contributed by atoms with Gasteiger partial charge in [0.05, 0.1) is 6.04 Å². The minimum Gasteiger partial charge on any atom is -0.398 e. The van der Waals surface area contributed by atoms with Crippen molar-refractivity contribution in [3.05, 3.63) is 77.8 Å². The number of nitrogens with two attached hydrogens (primary N) is 2. The van der Waals surface area contributed by atoms with Gasteiger partial charge in [0.25, 0.3) is 0 Å². The number of nitrogens with one attached hydrogen (secondary N) is 2. The number of nitrogen functional groups attached to an aromatic ring is 1. The van der Waals surface area contributed by atoms with E-state index in [4.69, 9.17) is 11.5 Å². The van der Waals surface area contributed by atoms with Gasteiger partial charge in [-0.15, -0.1) is 0 Å². The molecule has 4 rings (SSSR count). The first-order valence-corrected chi connectivity index (χ1v) is 13.6. The summed E-state index contributed by atoms with van der Waals surface area (Å²) in [4.78, 5) is 14.0. The Morgan fingerprint density at radius 1 is 0.800 bits per heavy atom. The SMILES string of the molecule is Nc1ccccc1[C]([C](NC1CCCCC1)NC1CCCCC1)C(=O)C(N)CCc1ccccc1. The molecule has 0 heterocycles. The summed E-state index contributed by atoms with van der Waals surface area (Å²) in [5, 5.41) is 7.55. The van der Waals surface area contributed by atoms with E-state index in [1.807, 2.05) is 42.5 Å². The summed E-state index contributed by atoms with van der Waals surface area (Å²) in [7, 11) is 0. The average Bonchev–Trinajstić information content (AvgIpc) is 2.90. The Balaban J connectivity index is 1.58. The number of anilines is 1. The Kier molecular flexibility index (Phi) is 9.75. The molecule has 0 saturated heterocycles. The third-order valence-corrected chi connectivity index (χ3v) is 7.56. The van der Waals surface area contributed by atoms with Crippen molar-refractivity contribution >= 4 is 11.5 Å². The van der Waals surface area contributed by atoms with Crippen molar-refractivity contribution in [2.75, 3.05) is 5.73 Å². The molecule has 2 radical (unpaired) electrons. The minimum atomic E-state index is -0.596. The standard InChI is InChI=1S/C30H42N4O/c31-26-19-11-10-18-25(26)28(29(35)27(32)21-20-22-12-4-1-5-13-22)30(33-23-14-6-2-7-15-23)34-24-16-8-3-9-17-24/h1,4-5,10-13,18-19,23-24,27,33-34H,2-3,6-9,14-17,20-21,31-32H2. The van der Waals surface area contributed by atoms with E-state index < -0.39 is 6.04 Å². The molecule has 5 heteroatoms. The molecule has 0 bridgehead atoms. The highest BCUT2D eigenvalue weighted by atomic mass is 16.1. The van der Waals surface area contributed by atoms with E-state index in [1.54, 1.807) is 0 Å². The summed E-state index contributed by atoms with van der Waals surface area (Å²) < 4.78 is 0. The molecule has 0 spiro atoms. The molecule has 1 atom stereocenters. The highest BCUT2D eigenvalue weighted by Crippen LogP contribution is 2.32. The molecule has 2 saturated carbocycles. The van der Waals surface area contributed by atoms with Crippen LogP contribution in [-0.2, 0) is 11.2 Å². The molecule has 2 aromatic rings. The second-order valence-electron chi connectivity index (χ2n) is 10.3. The van der Waals surface area contributed by atoms with Crippen molar-refractivity contribution in [1.29, 1.82) is 0 Å². The minimum absolute atomic E-state index is 0.0412. The maximum Gasteiger partial charge on any atom is 0.164 e. The van der Waals surface area contributed by atoms with Crippen LogP contribution in [-0.4, -0.2) is 23.9 Å². The van der Waals surface area contributed by atoms with Crippen LogP contribution in [0.15, 0.2) is 54.6 Å². The smallest absolute Gasteiger partial charge is 0.164 e. The highest BCUT2D eigenvalue weighted by molar-refractivity contribution is 6.03. The third-order valence-electron chi connectivity index (χ3n) is 7.56. The third kappa shape index (κ3) is 7.39. The van der Waals surface area contributed by atoms with Gasteiger partial charge in [0, 0.05) is 17.8 Å². The van der Waals surface area contributed by atoms with Gasteiger partial charge in [0.1, 0.15) is 12.1 Å². The second kappa shape index (κ2) is 13.2. The number of hydrogen-bond donors (Lipinski definition) is 4. The first kappa shape index (κ1) is 25.9. The fourth-order valence-corrected chi connectivity index (χ4v) is 5.49. The molecule has 188 valence electrons. The summed E-state index contributed by atoms with van der Waals surface area (Å²) in [5.74, 6) is 0.584. The van der Waals surface area contributed by atoms with Crippen LogP contribution in [0.5, 0.6) is 0 Å². The average molecular weight is 475 g/mol. The molecule has 2 fully saturated rings. The van der Waals surface area contributed by atoms with Gasteiger partial charge in [0.15, 0.2) is 5.78 Å². The van der Waals surface area contributed by atoms with E-state index >= 15 is 0 Å². The maximum absolute atomic E-state index is 14.0. The summed E-state index contributed by atoms with van der Waals surface area (Å²) >= 11 is 0. The number of carbonyl (C=O) groups excluding carboxylic acids is 1. The van der Waals surface area contributed by atoms with Crippen LogP contribution in [0, 0.1) is 12.1 Å². The molecule has 1 unspecified atom stereocenters. The fourth-order valence-electron chi connectivity index (χ4n) is 5.49. The lowest BCUT2D eigenvalue weighted by atomic mass is 9.83. The van der Waals surface area contributed by atoms with Crippen LogP contribution in [0.3, 0.4) is 0 Å². The number of hydrogen-bond acceptors (Lipinski definition) is 5. The zero-order valence-corrected chi connectivity index (χ0v) is 21.0. The maximum atomic E-state index is 14.0. The number of benzene rings is 2. The van der Waals surface area contributed by atoms with Crippen LogP contribution in [0.1, 0.15) is 81.8 Å². The van der Waals surface area contributed by atoms with Crippen molar-refractivity contribution in [2.24, 2.45) is 5.73 Å². The zero-order valence-electron chi connectivity index (χ0n) is 21.0. The summed E-state index contributed by atoms with van der Waals surface area (Å²) in [6.07, 6.45) is 14.2. The molecular formula is C30H42N4O. The van der Waals surface area contributed by atoms with Gasteiger partial charge in [-0.2, -0.15) is 0 Å². The summed E-state index contributed by atoms with van der Waals surface area (Å²) in [6, 6.07) is 18.1. The Morgan fingerprint density at radius 2 is 1.34 bits per heavy atom. The molecule has 5 nitrogen and oxygen atoms in total. The van der Waals surface area contributed by atoms with Gasteiger partial charge in [-0.1, -0.05) is 87.1 Å². The van der Waals surface area contributed by atoms with Crippen LogP contribution in [0.25, 0.3) is 0 Å². The first-order valence-electron chi connectivity index (χ1n) is 13.6. The number of para-hydroxylation sites is 1. The van der Waals surface area contributed by atoms with Crippen molar-refractivity contribution in [3.8, 4) is 0 Å². The number of Topliss-reactive ketones (excluding diaryl/α,β-unsaturated/α-hetero) is 1. The molecule has 6 N–H and O–H groups in total. The van der Waals surface area contributed by atoms with Crippen LogP contribution in [0.4, 0.5) is 5.69 Å². The normalized spacial score (nSPS) is 18.7. The zero-order chi connectivity index (χ0) is 24.5. The Morgan fingerprint density at radius 3 is 1.91 bits per heavy atom. The van der Waals surface area contributed by atoms with Crippen LogP contribution in [0.2, 0.25) is 0 Å². The largest absolute Gasteiger partial charge is 0.398 e. The number of carbonyl (C=O) groups is 1. The summed E-state index contributed by atoms with van der Waals surface area (Å²) in [6.45, 7) is 0. The second-order valence-corrected chi connectivity index (χ2v) is 10.3. The van der Waals surface area contributed by atoms with E-state index in [1.165, 1.54) is 44.1 Å². The van der Waals surface area contributed by atoms with E-state index in [9.17, 15) is 4.79 Å².